The van der Waals surface area contributed by atoms with E-state index in [4.69, 9.17) is 10.4 Å². The number of benzene rings is 2. The fourth-order valence-electron chi connectivity index (χ4n) is 4.93. The van der Waals surface area contributed by atoms with Crippen molar-refractivity contribution < 1.29 is 19.2 Å². The molecular formula is C32H43N7O4. The number of anilines is 1. The summed E-state index contributed by atoms with van der Waals surface area (Å²) in [5.41, 5.74) is 11.7. The van der Waals surface area contributed by atoms with E-state index in [1.54, 1.807) is 17.0 Å². The van der Waals surface area contributed by atoms with Crippen molar-refractivity contribution in [2.75, 3.05) is 38.8 Å². The van der Waals surface area contributed by atoms with E-state index in [1.807, 2.05) is 69.4 Å². The summed E-state index contributed by atoms with van der Waals surface area (Å²) in [4.78, 5) is 46.4. The molecule has 0 unspecified atom stereocenters. The predicted octanol–water partition coefficient (Wildman–Crippen LogP) is 4.06. The highest BCUT2D eigenvalue weighted by Crippen LogP contribution is 2.38. The van der Waals surface area contributed by atoms with Crippen molar-refractivity contribution in [2.45, 2.75) is 58.0 Å². The van der Waals surface area contributed by atoms with Gasteiger partial charge in [-0.15, -0.1) is 0 Å². The fourth-order valence-corrected chi connectivity index (χ4v) is 4.93. The molecule has 1 aliphatic carbocycles. The Morgan fingerprint density at radius 3 is 2.44 bits per heavy atom. The number of nitrogens with one attached hydrogen (secondary N) is 4. The van der Waals surface area contributed by atoms with E-state index >= 15 is 0 Å². The van der Waals surface area contributed by atoms with Gasteiger partial charge < -0.3 is 20.9 Å². The summed E-state index contributed by atoms with van der Waals surface area (Å²) in [5, 5.41) is 14.7. The number of ketones is 1. The molecule has 11 heteroatoms. The van der Waals surface area contributed by atoms with Crippen LogP contribution in [0.4, 0.5) is 5.69 Å². The number of hydroxylamine groups is 2. The molecule has 1 aliphatic heterocycles. The third kappa shape index (κ3) is 8.13. The van der Waals surface area contributed by atoms with Crippen LogP contribution < -0.4 is 20.9 Å². The third-order valence-electron chi connectivity index (χ3n) is 8.10. The largest absolute Gasteiger partial charge is 0.376 e. The molecule has 1 fully saturated rings. The molecule has 0 bridgehead atoms. The zero-order valence-electron chi connectivity index (χ0n) is 25.5. The Bertz CT molecular complexity index is 1370. The fraction of sp³-hybridized carbons (Fsp3) is 0.469. The molecular weight excluding hydrogens is 546 g/mol. The van der Waals surface area contributed by atoms with Crippen molar-refractivity contribution in [3.8, 4) is 0 Å². The number of amides is 2. The van der Waals surface area contributed by atoms with E-state index in [2.05, 4.69) is 21.1 Å². The molecule has 1 saturated carbocycles. The average Bonchev–Trinajstić information content (AvgIpc) is 2.97. The van der Waals surface area contributed by atoms with Crippen LogP contribution in [0, 0.1) is 11.4 Å². The van der Waals surface area contributed by atoms with Crippen molar-refractivity contribution in [1.29, 1.82) is 5.53 Å². The standard InChI is InChI=1S/C32H43N7O4/c1-32(2,34-3)20-43-38(4)21-36-28(41)16-17-29(42)39-19-23-10-5-6-13-24(23)30(35-18-27(40)22-11-9-12-22)31(37-33)25-14-7-8-15-26(25)39/h5-8,10,13-15,22,33-35H,9,11-12,16-21H2,1-4H3,(H,36,41)/b31-30-,37-33?. The Kier molecular flexibility index (Phi) is 10.8. The minimum atomic E-state index is -0.262. The molecule has 2 aromatic rings. The van der Waals surface area contributed by atoms with Crippen LogP contribution in [-0.2, 0) is 25.8 Å². The predicted molar refractivity (Wildman–Crippen MR) is 165 cm³/mol. The van der Waals surface area contributed by atoms with Gasteiger partial charge in [0.2, 0.25) is 11.8 Å². The summed E-state index contributed by atoms with van der Waals surface area (Å²) >= 11 is 0. The molecule has 0 radical (unpaired) electrons. The molecule has 4 rings (SSSR count). The third-order valence-corrected chi connectivity index (χ3v) is 8.10. The van der Waals surface area contributed by atoms with Gasteiger partial charge in [-0.3, -0.25) is 19.2 Å². The summed E-state index contributed by atoms with van der Waals surface area (Å²) in [5.74, 6) is -0.240. The van der Waals surface area contributed by atoms with E-state index in [1.165, 1.54) is 0 Å². The van der Waals surface area contributed by atoms with Gasteiger partial charge in [0.1, 0.15) is 5.70 Å². The maximum absolute atomic E-state index is 13.7. The molecule has 11 nitrogen and oxygen atoms in total. The number of rotatable bonds is 14. The number of nitrogens with zero attached hydrogens (tertiary/aromatic N) is 3. The van der Waals surface area contributed by atoms with E-state index in [0.29, 0.717) is 29.3 Å². The van der Waals surface area contributed by atoms with Crippen LogP contribution >= 0.6 is 0 Å². The van der Waals surface area contributed by atoms with Crippen LogP contribution in [0.25, 0.3) is 11.4 Å². The van der Waals surface area contributed by atoms with Crippen LogP contribution in [0.3, 0.4) is 0 Å². The summed E-state index contributed by atoms with van der Waals surface area (Å²) in [6.45, 7) is 5.05. The first-order valence-corrected chi connectivity index (χ1v) is 14.8. The number of fused-ring (bicyclic) bond motifs is 2. The number of para-hydroxylation sites is 1. The molecule has 2 amide bonds. The van der Waals surface area contributed by atoms with Gasteiger partial charge in [-0.2, -0.15) is 10.2 Å². The van der Waals surface area contributed by atoms with E-state index in [-0.39, 0.29) is 61.7 Å². The Balaban J connectivity index is 1.50. The Morgan fingerprint density at radius 2 is 1.77 bits per heavy atom. The molecule has 0 spiro atoms. The van der Waals surface area contributed by atoms with Crippen LogP contribution in [0.1, 0.15) is 62.6 Å². The van der Waals surface area contributed by atoms with Gasteiger partial charge in [0.15, 0.2) is 5.78 Å². The van der Waals surface area contributed by atoms with Crippen LogP contribution in [0.15, 0.2) is 53.6 Å². The van der Waals surface area contributed by atoms with E-state index in [0.717, 1.165) is 30.4 Å². The lowest BCUT2D eigenvalue weighted by Crippen LogP contribution is -2.44. The number of Topliss-reactive ketones (excluding diaryl/α,β-unsaturated/α-hetero) is 1. The molecule has 1 heterocycles. The lowest BCUT2D eigenvalue weighted by atomic mass is 9.82. The maximum Gasteiger partial charge on any atom is 0.227 e. The molecule has 230 valence electrons. The van der Waals surface area contributed by atoms with Crippen molar-refractivity contribution in [3.05, 3.63) is 65.2 Å². The number of hydrogen-bond acceptors (Lipinski definition) is 9. The lowest BCUT2D eigenvalue weighted by molar-refractivity contribution is -0.161. The van der Waals surface area contributed by atoms with Crippen LogP contribution in [-0.4, -0.2) is 62.1 Å². The van der Waals surface area contributed by atoms with Gasteiger partial charge in [-0.1, -0.05) is 48.9 Å². The second kappa shape index (κ2) is 14.5. The Morgan fingerprint density at radius 1 is 1.07 bits per heavy atom. The SMILES string of the molecule is CNC(C)(C)CON(C)CNC(=O)CCC(=O)N1Cc2ccccc2/C(NCC(=O)C2CCC2)=C(/N=N)c2ccccc21. The first-order chi connectivity index (χ1) is 20.6. The van der Waals surface area contributed by atoms with Gasteiger partial charge in [-0.25, -0.2) is 5.53 Å². The Labute approximate surface area is 253 Å². The van der Waals surface area contributed by atoms with Crippen LogP contribution in [0.5, 0.6) is 0 Å². The van der Waals surface area contributed by atoms with Crippen LogP contribution in [0.2, 0.25) is 0 Å². The quantitative estimate of drug-likeness (QED) is 0.148. The minimum Gasteiger partial charge on any atom is -0.376 e. The highest BCUT2D eigenvalue weighted by molar-refractivity contribution is 6.02. The number of carbonyl (C=O) groups excluding carboxylic acids is 3. The summed E-state index contributed by atoms with van der Waals surface area (Å²) in [7, 11) is 3.60. The molecule has 0 atom stereocenters. The highest BCUT2D eigenvalue weighted by Gasteiger charge is 2.29. The summed E-state index contributed by atoms with van der Waals surface area (Å²) in [6.07, 6.45) is 2.93. The van der Waals surface area contributed by atoms with Crippen molar-refractivity contribution in [1.82, 2.24) is 21.0 Å². The van der Waals surface area contributed by atoms with Crippen molar-refractivity contribution >= 4 is 34.7 Å². The summed E-state index contributed by atoms with van der Waals surface area (Å²) < 4.78 is 0. The van der Waals surface area contributed by atoms with Gasteiger partial charge in [0.25, 0.3) is 0 Å². The molecule has 2 aliphatic rings. The van der Waals surface area contributed by atoms with Crippen molar-refractivity contribution in [2.24, 2.45) is 11.0 Å². The second-order valence-corrected chi connectivity index (χ2v) is 11.7. The summed E-state index contributed by atoms with van der Waals surface area (Å²) in [6, 6.07) is 14.9. The number of likely N-dealkylation sites (N-methyl/N-ethyl adjacent to an activating group) is 1. The van der Waals surface area contributed by atoms with E-state index < -0.39 is 0 Å². The average molecular weight is 590 g/mol. The maximum atomic E-state index is 13.7. The zero-order valence-corrected chi connectivity index (χ0v) is 25.5. The second-order valence-electron chi connectivity index (χ2n) is 11.7. The number of hydrogen-bond donors (Lipinski definition) is 4. The monoisotopic (exact) mass is 589 g/mol. The molecule has 0 aromatic heterocycles. The minimum absolute atomic E-state index is 0.00223. The highest BCUT2D eigenvalue weighted by atomic mass is 16.7. The molecule has 43 heavy (non-hydrogen) atoms. The topological polar surface area (TPSA) is 139 Å². The van der Waals surface area contributed by atoms with Gasteiger partial charge >= 0.3 is 0 Å². The normalized spacial score (nSPS) is 16.8. The molecule has 0 saturated heterocycles. The van der Waals surface area contributed by atoms with Gasteiger partial charge in [-0.05, 0) is 45.4 Å². The first-order valence-electron chi connectivity index (χ1n) is 14.8. The van der Waals surface area contributed by atoms with Crippen molar-refractivity contribution in [3.63, 3.8) is 0 Å². The number of carbonyl (C=O) groups is 3. The first kappa shape index (κ1) is 32.0. The Hall–Kier alpha value is -3.93. The smallest absolute Gasteiger partial charge is 0.227 e. The van der Waals surface area contributed by atoms with Gasteiger partial charge in [0, 0.05) is 42.5 Å². The van der Waals surface area contributed by atoms with E-state index in [9.17, 15) is 14.4 Å². The molecule has 2 aromatic carbocycles. The van der Waals surface area contributed by atoms with Gasteiger partial charge in [0.05, 0.1) is 37.7 Å². The zero-order chi connectivity index (χ0) is 31.0. The lowest BCUT2D eigenvalue weighted by Gasteiger charge is -2.30. The molecule has 4 N–H and O–H groups in total.